The van der Waals surface area contributed by atoms with Gasteiger partial charge in [0.1, 0.15) is 0 Å². The van der Waals surface area contributed by atoms with Crippen molar-refractivity contribution in [3.8, 4) is 0 Å². The molecule has 2 N–H and O–H groups in total. The number of hydrogen-bond donors (Lipinski definition) is 2. The molecule has 3 aromatic rings. The van der Waals surface area contributed by atoms with Crippen LogP contribution in [0.5, 0.6) is 0 Å². The van der Waals surface area contributed by atoms with E-state index in [0.717, 1.165) is 10.4 Å². The van der Waals surface area contributed by atoms with Crippen molar-refractivity contribution in [1.29, 1.82) is 0 Å². The summed E-state index contributed by atoms with van der Waals surface area (Å²) in [6.07, 6.45) is 0.635. The van der Waals surface area contributed by atoms with E-state index in [0.29, 0.717) is 29.2 Å². The van der Waals surface area contributed by atoms with E-state index in [4.69, 9.17) is 11.6 Å². The van der Waals surface area contributed by atoms with Gasteiger partial charge in [0, 0.05) is 27.7 Å². The van der Waals surface area contributed by atoms with Crippen LogP contribution in [0.15, 0.2) is 64.9 Å². The number of carbonyl (C=O) groups excluding carboxylic acids is 1. The molecule has 0 aliphatic rings. The number of carbonyl (C=O) groups is 1. The molecule has 0 saturated carbocycles. The fourth-order valence-corrected chi connectivity index (χ4v) is 4.47. The second-order valence-corrected chi connectivity index (χ2v) is 9.40. The monoisotopic (exact) mass is 434 g/mol. The van der Waals surface area contributed by atoms with Gasteiger partial charge in [-0.1, -0.05) is 23.7 Å². The summed E-state index contributed by atoms with van der Waals surface area (Å²) in [5, 5.41) is 5.27. The topological polar surface area (TPSA) is 75.3 Å². The van der Waals surface area contributed by atoms with Gasteiger partial charge >= 0.3 is 0 Å². The number of anilines is 1. The van der Waals surface area contributed by atoms with Gasteiger partial charge in [-0.2, -0.15) is 0 Å². The van der Waals surface area contributed by atoms with Crippen LogP contribution in [-0.4, -0.2) is 20.9 Å². The summed E-state index contributed by atoms with van der Waals surface area (Å²) in [6.45, 7) is 2.18. The van der Waals surface area contributed by atoms with Crippen LogP contribution in [0.3, 0.4) is 0 Å². The Morgan fingerprint density at radius 2 is 1.86 bits per heavy atom. The maximum absolute atomic E-state index is 12.4. The molecule has 0 spiro atoms. The lowest BCUT2D eigenvalue weighted by molar-refractivity contribution is 0.102. The van der Waals surface area contributed by atoms with Crippen molar-refractivity contribution in [2.75, 3.05) is 11.9 Å². The van der Waals surface area contributed by atoms with Crippen molar-refractivity contribution in [2.24, 2.45) is 0 Å². The Morgan fingerprint density at radius 1 is 1.11 bits per heavy atom. The summed E-state index contributed by atoms with van der Waals surface area (Å²) in [5.41, 5.74) is 1.85. The number of halogens is 1. The summed E-state index contributed by atoms with van der Waals surface area (Å²) in [5.74, 6) is -0.333. The van der Waals surface area contributed by atoms with Gasteiger partial charge in [0.05, 0.1) is 4.90 Å². The fraction of sp³-hybridized carbons (Fsp3) is 0.150. The molecule has 0 saturated heterocycles. The summed E-state index contributed by atoms with van der Waals surface area (Å²) in [4.78, 5) is 13.7. The predicted octanol–water partition coefficient (Wildman–Crippen LogP) is 4.48. The molecule has 0 fully saturated rings. The smallest absolute Gasteiger partial charge is 0.255 e. The Hall–Kier alpha value is -2.19. The van der Waals surface area contributed by atoms with E-state index in [1.54, 1.807) is 23.5 Å². The van der Waals surface area contributed by atoms with Crippen LogP contribution in [0.2, 0.25) is 5.02 Å². The molecule has 0 aliphatic heterocycles. The van der Waals surface area contributed by atoms with Crippen LogP contribution in [0.4, 0.5) is 5.69 Å². The molecule has 8 heteroatoms. The van der Waals surface area contributed by atoms with Crippen molar-refractivity contribution in [2.45, 2.75) is 18.2 Å². The van der Waals surface area contributed by atoms with Gasteiger partial charge in [0.2, 0.25) is 10.0 Å². The lowest BCUT2D eigenvalue weighted by Gasteiger charge is -2.10. The van der Waals surface area contributed by atoms with E-state index < -0.39 is 10.0 Å². The van der Waals surface area contributed by atoms with Crippen molar-refractivity contribution in [3.05, 3.63) is 81.0 Å². The van der Waals surface area contributed by atoms with Gasteiger partial charge in [-0.15, -0.1) is 11.3 Å². The summed E-state index contributed by atoms with van der Waals surface area (Å²) in [6, 6.07) is 15.0. The minimum Gasteiger partial charge on any atom is -0.322 e. The summed E-state index contributed by atoms with van der Waals surface area (Å²) >= 11 is 7.56. The van der Waals surface area contributed by atoms with Gasteiger partial charge < -0.3 is 5.32 Å². The van der Waals surface area contributed by atoms with Crippen LogP contribution in [0.25, 0.3) is 0 Å². The average Bonchev–Trinajstić information content (AvgIpc) is 3.18. The minimum atomic E-state index is -3.62. The van der Waals surface area contributed by atoms with E-state index in [1.807, 2.05) is 30.5 Å². The lowest BCUT2D eigenvalue weighted by Crippen LogP contribution is -2.26. The second kappa shape index (κ2) is 8.87. The summed E-state index contributed by atoms with van der Waals surface area (Å²) in [7, 11) is -3.62. The number of aryl methyl sites for hydroxylation is 1. The quantitative estimate of drug-likeness (QED) is 0.575. The fourth-order valence-electron chi connectivity index (χ4n) is 2.56. The molecular weight excluding hydrogens is 416 g/mol. The number of benzene rings is 2. The maximum atomic E-state index is 12.4. The van der Waals surface area contributed by atoms with Gasteiger partial charge in [-0.25, -0.2) is 13.1 Å². The maximum Gasteiger partial charge on any atom is 0.255 e. The molecule has 0 unspecified atom stereocenters. The number of hydrogen-bond acceptors (Lipinski definition) is 4. The third-order valence-corrected chi connectivity index (χ3v) is 6.77. The zero-order valence-corrected chi connectivity index (χ0v) is 17.5. The Morgan fingerprint density at radius 3 is 2.54 bits per heavy atom. The highest BCUT2D eigenvalue weighted by atomic mass is 35.5. The largest absolute Gasteiger partial charge is 0.322 e. The molecule has 0 radical (unpaired) electrons. The molecule has 1 aromatic heterocycles. The van der Waals surface area contributed by atoms with Crippen LogP contribution < -0.4 is 10.0 Å². The van der Waals surface area contributed by atoms with Crippen LogP contribution >= 0.6 is 22.9 Å². The van der Waals surface area contributed by atoms with Crippen molar-refractivity contribution < 1.29 is 13.2 Å². The number of sulfonamides is 1. The molecule has 0 atom stereocenters. The molecule has 146 valence electrons. The Kier molecular flexibility index (Phi) is 6.51. The third kappa shape index (κ3) is 5.20. The van der Waals surface area contributed by atoms with E-state index in [9.17, 15) is 13.2 Å². The van der Waals surface area contributed by atoms with E-state index >= 15 is 0 Å². The van der Waals surface area contributed by atoms with Crippen molar-refractivity contribution in [1.82, 2.24) is 4.72 Å². The van der Waals surface area contributed by atoms with Crippen LogP contribution in [0, 0.1) is 6.92 Å². The van der Waals surface area contributed by atoms with Gasteiger partial charge in [0.15, 0.2) is 0 Å². The van der Waals surface area contributed by atoms with Gasteiger partial charge in [0.25, 0.3) is 5.91 Å². The first-order valence-electron chi connectivity index (χ1n) is 8.55. The van der Waals surface area contributed by atoms with Gasteiger partial charge in [-0.3, -0.25) is 4.79 Å². The van der Waals surface area contributed by atoms with E-state index in [1.165, 1.54) is 24.3 Å². The number of thiophene rings is 1. The van der Waals surface area contributed by atoms with Crippen molar-refractivity contribution in [3.63, 3.8) is 0 Å². The zero-order valence-electron chi connectivity index (χ0n) is 15.1. The zero-order chi connectivity index (χ0) is 20.1. The first kappa shape index (κ1) is 20.5. The first-order valence-corrected chi connectivity index (χ1v) is 11.3. The molecule has 1 amide bonds. The third-order valence-electron chi connectivity index (χ3n) is 4.12. The number of rotatable bonds is 7. The highest BCUT2D eigenvalue weighted by Gasteiger charge is 2.15. The highest BCUT2D eigenvalue weighted by Crippen LogP contribution is 2.21. The highest BCUT2D eigenvalue weighted by molar-refractivity contribution is 7.89. The minimum absolute atomic E-state index is 0.120. The van der Waals surface area contributed by atoms with Crippen LogP contribution in [0.1, 0.15) is 20.8 Å². The molecule has 0 aliphatic carbocycles. The first-order chi connectivity index (χ1) is 13.3. The van der Waals surface area contributed by atoms with E-state index in [-0.39, 0.29) is 10.8 Å². The molecular formula is C20H19ClN2O3S2. The SMILES string of the molecule is Cc1ccc(Cl)cc1NC(=O)c1ccc(S(=O)(=O)NCCc2cccs2)cc1. The number of amides is 1. The molecule has 3 rings (SSSR count). The standard InChI is InChI=1S/C20H19ClN2O3S2/c1-14-4-7-16(21)13-19(14)23-20(24)15-5-8-18(9-6-15)28(25,26)22-11-10-17-3-2-12-27-17/h2-9,12-13,22H,10-11H2,1H3,(H,23,24). The molecule has 2 aromatic carbocycles. The lowest BCUT2D eigenvalue weighted by atomic mass is 10.1. The van der Waals surface area contributed by atoms with E-state index in [2.05, 4.69) is 10.0 Å². The van der Waals surface area contributed by atoms with Gasteiger partial charge in [-0.05, 0) is 66.8 Å². The molecule has 5 nitrogen and oxygen atoms in total. The molecule has 1 heterocycles. The molecule has 28 heavy (non-hydrogen) atoms. The Balaban J connectivity index is 1.64. The normalized spacial score (nSPS) is 11.4. The molecule has 0 bridgehead atoms. The summed E-state index contributed by atoms with van der Waals surface area (Å²) < 4.78 is 27.4. The number of nitrogens with one attached hydrogen (secondary N) is 2. The van der Waals surface area contributed by atoms with Crippen molar-refractivity contribution >= 4 is 44.6 Å². The van der Waals surface area contributed by atoms with Crippen LogP contribution in [-0.2, 0) is 16.4 Å². The predicted molar refractivity (Wildman–Crippen MR) is 114 cm³/mol. The second-order valence-electron chi connectivity index (χ2n) is 6.16. The average molecular weight is 435 g/mol. The Bertz CT molecular complexity index is 1060. The Labute approximate surface area is 173 Å².